The first-order valence-electron chi connectivity index (χ1n) is 8.75. The average Bonchev–Trinajstić information content (AvgIpc) is 3.01. The lowest BCUT2D eigenvalue weighted by molar-refractivity contribution is -0.122. The fourth-order valence-corrected chi connectivity index (χ4v) is 3.30. The maximum atomic E-state index is 12.7. The molecule has 2 amide bonds. The number of carbonyl (C=O) groups is 2. The molecule has 5 heteroatoms. The lowest BCUT2D eigenvalue weighted by Gasteiger charge is -2.20. The highest BCUT2D eigenvalue weighted by Crippen LogP contribution is 2.30. The lowest BCUT2D eigenvalue weighted by atomic mass is 10.1. The third-order valence-electron chi connectivity index (χ3n) is 4.94. The molecule has 3 rings (SSSR count). The van der Waals surface area contributed by atoms with E-state index in [9.17, 15) is 9.59 Å². The molecule has 1 aliphatic heterocycles. The van der Waals surface area contributed by atoms with Crippen LogP contribution in [0.25, 0.3) is 0 Å². The van der Waals surface area contributed by atoms with Crippen molar-refractivity contribution in [1.82, 2.24) is 0 Å². The van der Waals surface area contributed by atoms with Gasteiger partial charge in [0.2, 0.25) is 11.8 Å². The standard InChI is InChI=1S/C21H24N2O3/c1-14-7-6-10-19(15(14)2)23-12-17(11-20(23)24)21(25)22-18-9-5-4-8-16(18)13-26-3/h4-10,17H,11-13H2,1-3H3,(H,22,25). The number of aryl methyl sites for hydroxylation is 1. The first-order chi connectivity index (χ1) is 12.5. The van der Waals surface area contributed by atoms with Crippen molar-refractivity contribution in [3.63, 3.8) is 0 Å². The molecule has 1 unspecified atom stereocenters. The Morgan fingerprint density at radius 1 is 1.19 bits per heavy atom. The minimum Gasteiger partial charge on any atom is -0.380 e. The minimum absolute atomic E-state index is 0.0102. The molecule has 0 spiro atoms. The van der Waals surface area contributed by atoms with Crippen LogP contribution < -0.4 is 10.2 Å². The number of nitrogens with zero attached hydrogens (tertiary/aromatic N) is 1. The molecule has 136 valence electrons. The van der Waals surface area contributed by atoms with Gasteiger partial charge in [-0.1, -0.05) is 30.3 Å². The Labute approximate surface area is 154 Å². The normalized spacial score (nSPS) is 16.8. The van der Waals surface area contributed by atoms with Gasteiger partial charge < -0.3 is 15.0 Å². The van der Waals surface area contributed by atoms with Crippen LogP contribution in [0, 0.1) is 19.8 Å². The van der Waals surface area contributed by atoms with Gasteiger partial charge in [-0.15, -0.1) is 0 Å². The number of amides is 2. The van der Waals surface area contributed by atoms with Crippen LogP contribution in [0.2, 0.25) is 0 Å². The third kappa shape index (κ3) is 3.63. The number of benzene rings is 2. The number of methoxy groups -OCH3 is 1. The molecule has 1 heterocycles. The molecule has 0 aromatic heterocycles. The average molecular weight is 352 g/mol. The summed E-state index contributed by atoms with van der Waals surface area (Å²) in [6.45, 7) is 4.86. The third-order valence-corrected chi connectivity index (χ3v) is 4.94. The molecule has 1 saturated heterocycles. The van der Waals surface area contributed by atoms with E-state index >= 15 is 0 Å². The summed E-state index contributed by atoms with van der Waals surface area (Å²) in [6.07, 6.45) is 0.228. The molecule has 1 N–H and O–H groups in total. The van der Waals surface area contributed by atoms with Gasteiger partial charge in [-0.3, -0.25) is 9.59 Å². The Bertz CT molecular complexity index is 832. The second kappa shape index (κ2) is 7.70. The summed E-state index contributed by atoms with van der Waals surface area (Å²) in [4.78, 5) is 26.9. The van der Waals surface area contributed by atoms with E-state index in [0.29, 0.717) is 13.2 Å². The maximum Gasteiger partial charge on any atom is 0.229 e. The van der Waals surface area contributed by atoms with Crippen molar-refractivity contribution >= 4 is 23.2 Å². The zero-order chi connectivity index (χ0) is 18.7. The summed E-state index contributed by atoms with van der Waals surface area (Å²) in [7, 11) is 1.62. The summed E-state index contributed by atoms with van der Waals surface area (Å²) in [5, 5.41) is 2.96. The molecular weight excluding hydrogens is 328 g/mol. The van der Waals surface area contributed by atoms with Gasteiger partial charge in [0.1, 0.15) is 0 Å². The first-order valence-corrected chi connectivity index (χ1v) is 8.75. The molecular formula is C21H24N2O3. The Morgan fingerprint density at radius 3 is 2.73 bits per heavy atom. The van der Waals surface area contributed by atoms with Gasteiger partial charge in [-0.25, -0.2) is 0 Å². The van der Waals surface area contributed by atoms with E-state index in [1.807, 2.05) is 56.3 Å². The minimum atomic E-state index is -0.363. The van der Waals surface area contributed by atoms with Crippen molar-refractivity contribution < 1.29 is 14.3 Å². The second-order valence-electron chi connectivity index (χ2n) is 6.70. The summed E-state index contributed by atoms with van der Waals surface area (Å²) >= 11 is 0. The number of ether oxygens (including phenoxy) is 1. The van der Waals surface area contributed by atoms with E-state index in [0.717, 1.165) is 28.1 Å². The van der Waals surface area contributed by atoms with Crippen molar-refractivity contribution in [2.75, 3.05) is 23.9 Å². The molecule has 2 aromatic rings. The Hall–Kier alpha value is -2.66. The molecule has 1 fully saturated rings. The van der Waals surface area contributed by atoms with Crippen LogP contribution in [0.15, 0.2) is 42.5 Å². The first kappa shape index (κ1) is 18.1. The maximum absolute atomic E-state index is 12.7. The zero-order valence-electron chi connectivity index (χ0n) is 15.4. The predicted molar refractivity (Wildman–Crippen MR) is 102 cm³/mol. The second-order valence-corrected chi connectivity index (χ2v) is 6.70. The van der Waals surface area contributed by atoms with E-state index in [4.69, 9.17) is 4.74 Å². The Kier molecular flexibility index (Phi) is 5.38. The number of rotatable bonds is 5. The van der Waals surface area contributed by atoms with Crippen LogP contribution in [0.3, 0.4) is 0 Å². The highest BCUT2D eigenvalue weighted by Gasteiger charge is 2.35. The van der Waals surface area contributed by atoms with Crippen molar-refractivity contribution in [2.45, 2.75) is 26.9 Å². The highest BCUT2D eigenvalue weighted by molar-refractivity contribution is 6.04. The van der Waals surface area contributed by atoms with Gasteiger partial charge in [0.05, 0.1) is 12.5 Å². The largest absolute Gasteiger partial charge is 0.380 e. The summed E-state index contributed by atoms with van der Waals surface area (Å²) in [6, 6.07) is 13.5. The molecule has 0 aliphatic carbocycles. The Morgan fingerprint density at radius 2 is 1.96 bits per heavy atom. The van der Waals surface area contributed by atoms with Crippen LogP contribution in [0.4, 0.5) is 11.4 Å². The number of nitrogens with one attached hydrogen (secondary N) is 1. The molecule has 0 bridgehead atoms. The van der Waals surface area contributed by atoms with E-state index in [2.05, 4.69) is 5.32 Å². The summed E-state index contributed by atoms with van der Waals surface area (Å²) in [5.41, 5.74) is 4.75. The van der Waals surface area contributed by atoms with Gasteiger partial charge >= 0.3 is 0 Å². The number of hydrogen-bond donors (Lipinski definition) is 1. The molecule has 1 aliphatic rings. The molecule has 1 atom stereocenters. The molecule has 2 aromatic carbocycles. The van der Waals surface area contributed by atoms with Crippen molar-refractivity contribution in [2.24, 2.45) is 5.92 Å². The lowest BCUT2D eigenvalue weighted by Crippen LogP contribution is -2.29. The molecule has 0 saturated carbocycles. The van der Waals surface area contributed by atoms with Gasteiger partial charge in [-0.2, -0.15) is 0 Å². The molecule has 0 radical (unpaired) electrons. The van der Waals surface area contributed by atoms with Crippen LogP contribution in [-0.2, 0) is 20.9 Å². The van der Waals surface area contributed by atoms with E-state index in [1.54, 1.807) is 12.0 Å². The van der Waals surface area contributed by atoms with Crippen LogP contribution in [0.5, 0.6) is 0 Å². The van der Waals surface area contributed by atoms with E-state index in [1.165, 1.54) is 0 Å². The van der Waals surface area contributed by atoms with Gasteiger partial charge in [0, 0.05) is 37.0 Å². The number of anilines is 2. The van der Waals surface area contributed by atoms with Crippen LogP contribution >= 0.6 is 0 Å². The van der Waals surface area contributed by atoms with E-state index in [-0.39, 0.29) is 24.2 Å². The zero-order valence-corrected chi connectivity index (χ0v) is 15.4. The van der Waals surface area contributed by atoms with Gasteiger partial charge in [0.25, 0.3) is 0 Å². The monoisotopic (exact) mass is 352 g/mol. The van der Waals surface area contributed by atoms with Crippen molar-refractivity contribution in [3.8, 4) is 0 Å². The van der Waals surface area contributed by atoms with Crippen molar-refractivity contribution in [3.05, 3.63) is 59.2 Å². The van der Waals surface area contributed by atoms with Gasteiger partial charge in [-0.05, 0) is 37.1 Å². The number of hydrogen-bond acceptors (Lipinski definition) is 3. The smallest absolute Gasteiger partial charge is 0.229 e. The van der Waals surface area contributed by atoms with Crippen LogP contribution in [-0.4, -0.2) is 25.5 Å². The van der Waals surface area contributed by atoms with Gasteiger partial charge in [0.15, 0.2) is 0 Å². The fraction of sp³-hybridized carbons (Fsp3) is 0.333. The molecule has 5 nitrogen and oxygen atoms in total. The molecule has 26 heavy (non-hydrogen) atoms. The van der Waals surface area contributed by atoms with Crippen molar-refractivity contribution in [1.29, 1.82) is 0 Å². The Balaban J connectivity index is 1.74. The predicted octanol–water partition coefficient (Wildman–Crippen LogP) is 3.44. The fourth-order valence-electron chi connectivity index (χ4n) is 3.30. The summed E-state index contributed by atoms with van der Waals surface area (Å²) in [5.74, 6) is -0.503. The SMILES string of the molecule is COCc1ccccc1NC(=O)C1CC(=O)N(c2cccc(C)c2C)C1. The summed E-state index contributed by atoms with van der Waals surface area (Å²) < 4.78 is 5.18. The quantitative estimate of drug-likeness (QED) is 0.897. The highest BCUT2D eigenvalue weighted by atomic mass is 16.5. The van der Waals surface area contributed by atoms with Crippen LogP contribution in [0.1, 0.15) is 23.1 Å². The number of carbonyl (C=O) groups excluding carboxylic acids is 2. The van der Waals surface area contributed by atoms with E-state index < -0.39 is 0 Å². The topological polar surface area (TPSA) is 58.6 Å². The number of para-hydroxylation sites is 1.